The Bertz CT molecular complexity index is 441. The molecule has 19 heavy (non-hydrogen) atoms. The van der Waals surface area contributed by atoms with Crippen LogP contribution < -0.4 is 4.74 Å². The van der Waals surface area contributed by atoms with Gasteiger partial charge in [-0.3, -0.25) is 0 Å². The van der Waals surface area contributed by atoms with Crippen LogP contribution in [0.2, 0.25) is 0 Å². The Morgan fingerprint density at radius 3 is 2.84 bits per heavy atom. The van der Waals surface area contributed by atoms with Gasteiger partial charge in [-0.15, -0.1) is 0 Å². The molecule has 4 nitrogen and oxygen atoms in total. The number of aliphatic carboxylic acids is 1. The molecule has 1 heterocycles. The predicted octanol–water partition coefficient (Wildman–Crippen LogP) is 3.45. The van der Waals surface area contributed by atoms with Crippen LogP contribution in [0, 0.1) is 6.92 Å². The maximum atomic E-state index is 10.5. The second kappa shape index (κ2) is 8.29. The topological polar surface area (TPSA) is 59.4 Å². The largest absolute Gasteiger partial charge is 0.491 e. The summed E-state index contributed by atoms with van der Waals surface area (Å²) >= 11 is 0. The lowest BCUT2D eigenvalue weighted by Gasteiger charge is -2.09. The van der Waals surface area contributed by atoms with Crippen LogP contribution in [0.15, 0.2) is 18.2 Å². The van der Waals surface area contributed by atoms with E-state index >= 15 is 0 Å². The van der Waals surface area contributed by atoms with Crippen LogP contribution in [0.3, 0.4) is 0 Å². The number of hydrogen-bond acceptors (Lipinski definition) is 3. The summed E-state index contributed by atoms with van der Waals surface area (Å²) in [5.74, 6) is -0.350. The minimum Gasteiger partial charge on any atom is -0.491 e. The van der Waals surface area contributed by atoms with E-state index in [-0.39, 0.29) is 0 Å². The summed E-state index contributed by atoms with van der Waals surface area (Å²) in [5, 5.41) is 8.65. The molecule has 0 saturated heterocycles. The van der Waals surface area contributed by atoms with Gasteiger partial charge in [-0.1, -0.05) is 26.2 Å². The highest BCUT2D eigenvalue weighted by molar-refractivity contribution is 5.85. The second-order valence-corrected chi connectivity index (χ2v) is 4.42. The third kappa shape index (κ3) is 6.04. The van der Waals surface area contributed by atoms with Gasteiger partial charge in [0.15, 0.2) is 0 Å². The van der Waals surface area contributed by atoms with Gasteiger partial charge in [-0.25, -0.2) is 9.78 Å². The number of carbonyl (C=O) groups is 1. The van der Waals surface area contributed by atoms with E-state index in [1.165, 1.54) is 18.9 Å². The summed E-state index contributed by atoms with van der Waals surface area (Å²) in [6, 6.07) is 3.70. The first-order chi connectivity index (χ1) is 9.13. The average Bonchev–Trinajstić information content (AvgIpc) is 2.38. The summed E-state index contributed by atoms with van der Waals surface area (Å²) in [7, 11) is 0. The molecule has 0 amide bonds. The van der Waals surface area contributed by atoms with Crippen molar-refractivity contribution in [1.82, 2.24) is 4.98 Å². The molecule has 0 bridgehead atoms. The minimum absolute atomic E-state index is 0.567. The molecule has 0 aromatic carbocycles. The Balaban J connectivity index is 2.63. The predicted molar refractivity (Wildman–Crippen MR) is 75.3 cm³/mol. The fourth-order valence-corrected chi connectivity index (χ4v) is 1.67. The van der Waals surface area contributed by atoms with E-state index in [2.05, 4.69) is 11.9 Å². The quantitative estimate of drug-likeness (QED) is 0.576. The van der Waals surface area contributed by atoms with Crippen LogP contribution >= 0.6 is 0 Å². The van der Waals surface area contributed by atoms with Crippen LogP contribution in [0.4, 0.5) is 0 Å². The van der Waals surface area contributed by atoms with E-state index in [1.807, 2.05) is 19.1 Å². The van der Waals surface area contributed by atoms with Crippen molar-refractivity contribution in [1.29, 1.82) is 0 Å². The molecule has 0 saturated carbocycles. The first kappa shape index (κ1) is 15.2. The average molecular weight is 263 g/mol. The van der Waals surface area contributed by atoms with Crippen molar-refractivity contribution in [2.24, 2.45) is 0 Å². The van der Waals surface area contributed by atoms with Crippen LogP contribution in [0.1, 0.15) is 44.0 Å². The molecule has 0 fully saturated rings. The van der Waals surface area contributed by atoms with Gasteiger partial charge in [0.2, 0.25) is 0 Å². The van der Waals surface area contributed by atoms with Crippen molar-refractivity contribution in [3.63, 3.8) is 0 Å². The van der Waals surface area contributed by atoms with Crippen molar-refractivity contribution in [2.75, 3.05) is 6.61 Å². The Morgan fingerprint density at radius 1 is 1.37 bits per heavy atom. The third-order valence-corrected chi connectivity index (χ3v) is 2.66. The summed E-state index contributed by atoms with van der Waals surface area (Å²) < 4.78 is 5.66. The number of ether oxygens (including phenoxy) is 1. The summed E-state index contributed by atoms with van der Waals surface area (Å²) in [6.07, 6.45) is 7.10. The molecule has 1 aromatic rings. The van der Waals surface area contributed by atoms with Gasteiger partial charge in [0.05, 0.1) is 6.61 Å². The standard InChI is InChI=1S/C15H21NO3/c1-3-4-5-6-11-19-14-9-7-12(2)16-13(14)8-10-15(17)18/h7-10H,3-6,11H2,1-2H3,(H,17,18). The molecular formula is C15H21NO3. The van der Waals surface area contributed by atoms with E-state index in [1.54, 1.807) is 0 Å². The van der Waals surface area contributed by atoms with E-state index in [0.717, 1.165) is 24.6 Å². The Labute approximate surface area is 114 Å². The SMILES string of the molecule is CCCCCCOc1ccc(C)nc1C=CC(=O)O. The molecule has 0 unspecified atom stereocenters. The van der Waals surface area contributed by atoms with Crippen molar-refractivity contribution in [3.8, 4) is 5.75 Å². The Hall–Kier alpha value is -1.84. The fourth-order valence-electron chi connectivity index (χ4n) is 1.67. The molecule has 0 aliphatic heterocycles. The lowest BCUT2D eigenvalue weighted by atomic mass is 10.2. The van der Waals surface area contributed by atoms with Crippen LogP contribution in [0.5, 0.6) is 5.75 Å². The number of carboxylic acids is 1. The number of aromatic nitrogens is 1. The summed E-state index contributed by atoms with van der Waals surface area (Å²) in [5.41, 5.74) is 1.40. The van der Waals surface area contributed by atoms with Gasteiger partial charge in [0, 0.05) is 11.8 Å². The normalized spacial score (nSPS) is 10.8. The molecule has 0 spiro atoms. The molecule has 0 atom stereocenters. The van der Waals surface area contributed by atoms with Gasteiger partial charge in [0.1, 0.15) is 11.4 Å². The van der Waals surface area contributed by atoms with Gasteiger partial charge in [-0.05, 0) is 31.6 Å². The van der Waals surface area contributed by atoms with E-state index in [0.29, 0.717) is 18.1 Å². The molecule has 1 aromatic heterocycles. The monoisotopic (exact) mass is 263 g/mol. The lowest BCUT2D eigenvalue weighted by molar-refractivity contribution is -0.131. The van der Waals surface area contributed by atoms with Crippen LogP contribution in [0.25, 0.3) is 6.08 Å². The number of unbranched alkanes of at least 4 members (excludes halogenated alkanes) is 3. The zero-order valence-electron chi connectivity index (χ0n) is 11.6. The summed E-state index contributed by atoms with van der Waals surface area (Å²) in [4.78, 5) is 14.8. The first-order valence-electron chi connectivity index (χ1n) is 6.65. The molecule has 0 aliphatic rings. The van der Waals surface area contributed by atoms with Crippen LogP contribution in [-0.4, -0.2) is 22.7 Å². The van der Waals surface area contributed by atoms with E-state index in [4.69, 9.17) is 9.84 Å². The molecule has 0 aliphatic carbocycles. The number of aryl methyl sites for hydroxylation is 1. The Morgan fingerprint density at radius 2 is 2.16 bits per heavy atom. The van der Waals surface area contributed by atoms with Gasteiger partial charge in [0.25, 0.3) is 0 Å². The number of nitrogens with zero attached hydrogens (tertiary/aromatic N) is 1. The zero-order chi connectivity index (χ0) is 14.1. The highest BCUT2D eigenvalue weighted by atomic mass is 16.5. The van der Waals surface area contributed by atoms with Crippen LogP contribution in [-0.2, 0) is 4.79 Å². The minimum atomic E-state index is -0.989. The number of hydrogen-bond donors (Lipinski definition) is 1. The fraction of sp³-hybridized carbons (Fsp3) is 0.467. The van der Waals surface area contributed by atoms with E-state index < -0.39 is 5.97 Å². The van der Waals surface area contributed by atoms with Gasteiger partial charge >= 0.3 is 5.97 Å². The third-order valence-electron chi connectivity index (χ3n) is 2.66. The zero-order valence-corrected chi connectivity index (χ0v) is 11.6. The number of rotatable bonds is 8. The maximum absolute atomic E-state index is 10.5. The molecule has 1 rings (SSSR count). The Kier molecular flexibility index (Phi) is 6.64. The van der Waals surface area contributed by atoms with Gasteiger partial charge in [-0.2, -0.15) is 0 Å². The van der Waals surface area contributed by atoms with E-state index in [9.17, 15) is 4.79 Å². The van der Waals surface area contributed by atoms with Gasteiger partial charge < -0.3 is 9.84 Å². The molecular weight excluding hydrogens is 242 g/mol. The molecule has 4 heteroatoms. The van der Waals surface area contributed by atoms with Crippen molar-refractivity contribution < 1.29 is 14.6 Å². The maximum Gasteiger partial charge on any atom is 0.328 e. The molecule has 1 N–H and O–H groups in total. The van der Waals surface area contributed by atoms with Crippen molar-refractivity contribution in [2.45, 2.75) is 39.5 Å². The first-order valence-corrected chi connectivity index (χ1v) is 6.65. The van der Waals surface area contributed by atoms with Crippen molar-refractivity contribution in [3.05, 3.63) is 29.6 Å². The smallest absolute Gasteiger partial charge is 0.328 e. The summed E-state index contributed by atoms with van der Waals surface area (Å²) in [6.45, 7) is 4.67. The molecule has 104 valence electrons. The second-order valence-electron chi connectivity index (χ2n) is 4.42. The number of pyridine rings is 1. The number of carboxylic acid groups (broad SMARTS) is 1. The molecule has 0 radical (unpaired) electrons. The lowest BCUT2D eigenvalue weighted by Crippen LogP contribution is -2.01. The highest BCUT2D eigenvalue weighted by Gasteiger charge is 2.03. The van der Waals surface area contributed by atoms with Crippen molar-refractivity contribution >= 4 is 12.0 Å². The highest BCUT2D eigenvalue weighted by Crippen LogP contribution is 2.19.